The second-order valence-corrected chi connectivity index (χ2v) is 4.17. The van der Waals surface area contributed by atoms with Crippen LogP contribution in [-0.2, 0) is 0 Å². The number of aryl methyl sites for hydroxylation is 1. The first-order valence-electron chi connectivity index (χ1n) is 4.04. The molecule has 13 heavy (non-hydrogen) atoms. The van der Waals surface area contributed by atoms with Crippen molar-refractivity contribution in [1.29, 1.82) is 0 Å². The van der Waals surface area contributed by atoms with Crippen molar-refractivity contribution in [1.82, 2.24) is 4.98 Å². The molecular formula is C10H10N2S. The Morgan fingerprint density at radius 1 is 1.23 bits per heavy atom. The molecule has 0 amide bonds. The minimum Gasteiger partial charge on any atom is -0.397 e. The highest BCUT2D eigenvalue weighted by Gasteiger charge is 2.00. The summed E-state index contributed by atoms with van der Waals surface area (Å²) in [6, 6.07) is 7.99. The Balaban J connectivity index is 2.41. The molecule has 0 fully saturated rings. The van der Waals surface area contributed by atoms with Gasteiger partial charge in [-0.2, -0.15) is 0 Å². The van der Waals surface area contributed by atoms with E-state index < -0.39 is 0 Å². The molecule has 2 aromatic rings. The van der Waals surface area contributed by atoms with Crippen LogP contribution in [0.1, 0.15) is 4.88 Å². The smallest absolute Gasteiger partial charge is 0.0803 e. The van der Waals surface area contributed by atoms with E-state index in [1.807, 2.05) is 12.1 Å². The lowest BCUT2D eigenvalue weighted by Crippen LogP contribution is -1.86. The highest BCUT2D eigenvalue weighted by molar-refractivity contribution is 7.15. The van der Waals surface area contributed by atoms with Crippen molar-refractivity contribution in [3.63, 3.8) is 0 Å². The van der Waals surface area contributed by atoms with Gasteiger partial charge in [0.15, 0.2) is 0 Å². The summed E-state index contributed by atoms with van der Waals surface area (Å²) in [4.78, 5) is 6.74. The highest BCUT2D eigenvalue weighted by Crippen LogP contribution is 2.25. The van der Waals surface area contributed by atoms with E-state index in [-0.39, 0.29) is 0 Å². The minimum absolute atomic E-state index is 0.706. The van der Waals surface area contributed by atoms with Gasteiger partial charge in [0, 0.05) is 4.88 Å². The summed E-state index contributed by atoms with van der Waals surface area (Å²) in [5, 5.41) is 0. The molecule has 0 aliphatic rings. The summed E-state index contributed by atoms with van der Waals surface area (Å²) in [7, 11) is 0. The van der Waals surface area contributed by atoms with Gasteiger partial charge in [0.1, 0.15) is 0 Å². The standard InChI is InChI=1S/C10H10N2S/c1-7-2-5-10(13-7)9-4-3-8(11)6-12-9/h2-6H,11H2,1H3. The van der Waals surface area contributed by atoms with Gasteiger partial charge in [-0.05, 0) is 31.2 Å². The first kappa shape index (κ1) is 8.26. The van der Waals surface area contributed by atoms with Crippen LogP contribution in [0.2, 0.25) is 0 Å². The first-order chi connectivity index (χ1) is 6.25. The Labute approximate surface area is 81.1 Å². The molecule has 0 spiro atoms. The molecule has 3 heteroatoms. The van der Waals surface area contributed by atoms with Gasteiger partial charge in [-0.25, -0.2) is 0 Å². The van der Waals surface area contributed by atoms with E-state index >= 15 is 0 Å². The molecule has 2 rings (SSSR count). The number of nitrogens with two attached hydrogens (primary N) is 1. The van der Waals surface area contributed by atoms with Gasteiger partial charge >= 0.3 is 0 Å². The second kappa shape index (κ2) is 3.18. The number of pyridine rings is 1. The molecule has 2 aromatic heterocycles. The van der Waals surface area contributed by atoms with Crippen LogP contribution in [0.4, 0.5) is 5.69 Å². The van der Waals surface area contributed by atoms with Gasteiger partial charge in [-0.1, -0.05) is 0 Å². The van der Waals surface area contributed by atoms with Crippen LogP contribution in [0.25, 0.3) is 10.6 Å². The highest BCUT2D eigenvalue weighted by atomic mass is 32.1. The molecule has 2 N–H and O–H groups in total. The molecule has 0 unspecified atom stereocenters. The predicted octanol–water partition coefficient (Wildman–Crippen LogP) is 2.70. The fraction of sp³-hybridized carbons (Fsp3) is 0.100. The van der Waals surface area contributed by atoms with Crippen molar-refractivity contribution in [2.24, 2.45) is 0 Å². The van der Waals surface area contributed by atoms with Crippen LogP contribution in [-0.4, -0.2) is 4.98 Å². The molecule has 0 bridgehead atoms. The zero-order chi connectivity index (χ0) is 9.26. The van der Waals surface area contributed by atoms with Crippen molar-refractivity contribution in [3.05, 3.63) is 35.3 Å². The first-order valence-corrected chi connectivity index (χ1v) is 4.86. The molecule has 0 saturated heterocycles. The maximum Gasteiger partial charge on any atom is 0.0803 e. The summed E-state index contributed by atoms with van der Waals surface area (Å²) in [6.45, 7) is 2.09. The number of hydrogen-bond acceptors (Lipinski definition) is 3. The molecule has 0 radical (unpaired) electrons. The molecular weight excluding hydrogens is 180 g/mol. The van der Waals surface area contributed by atoms with Crippen molar-refractivity contribution in [2.45, 2.75) is 6.92 Å². The fourth-order valence-corrected chi connectivity index (χ4v) is 1.97. The zero-order valence-corrected chi connectivity index (χ0v) is 8.14. The molecule has 66 valence electrons. The molecule has 0 saturated carbocycles. The lowest BCUT2D eigenvalue weighted by atomic mass is 10.3. The van der Waals surface area contributed by atoms with E-state index in [0.29, 0.717) is 5.69 Å². The molecule has 0 aliphatic carbocycles. The van der Waals surface area contributed by atoms with E-state index in [1.54, 1.807) is 17.5 Å². The fourth-order valence-electron chi connectivity index (χ4n) is 1.12. The van der Waals surface area contributed by atoms with Crippen molar-refractivity contribution >= 4 is 17.0 Å². The van der Waals surface area contributed by atoms with E-state index in [4.69, 9.17) is 5.73 Å². The van der Waals surface area contributed by atoms with Crippen LogP contribution in [0.15, 0.2) is 30.5 Å². The summed E-state index contributed by atoms with van der Waals surface area (Å²) < 4.78 is 0. The number of anilines is 1. The van der Waals surface area contributed by atoms with Crippen LogP contribution in [0, 0.1) is 6.92 Å². The molecule has 0 aromatic carbocycles. The maximum atomic E-state index is 5.55. The SMILES string of the molecule is Cc1ccc(-c2ccc(N)cn2)s1. The number of nitrogens with zero attached hydrogens (tertiary/aromatic N) is 1. The summed E-state index contributed by atoms with van der Waals surface area (Å²) >= 11 is 1.74. The van der Waals surface area contributed by atoms with Crippen LogP contribution >= 0.6 is 11.3 Å². The normalized spacial score (nSPS) is 10.2. The van der Waals surface area contributed by atoms with Crippen molar-refractivity contribution < 1.29 is 0 Å². The minimum atomic E-state index is 0.706. The average molecular weight is 190 g/mol. The lowest BCUT2D eigenvalue weighted by Gasteiger charge is -1.96. The molecule has 0 aliphatic heterocycles. The van der Waals surface area contributed by atoms with Crippen LogP contribution in [0.3, 0.4) is 0 Å². The van der Waals surface area contributed by atoms with Gasteiger partial charge in [0.25, 0.3) is 0 Å². The second-order valence-electron chi connectivity index (χ2n) is 2.89. The third-order valence-corrected chi connectivity index (χ3v) is 2.80. The Hall–Kier alpha value is -1.35. The Morgan fingerprint density at radius 2 is 2.08 bits per heavy atom. The molecule has 2 heterocycles. The Kier molecular flexibility index (Phi) is 2.02. The van der Waals surface area contributed by atoms with Crippen LogP contribution < -0.4 is 5.73 Å². The number of aromatic nitrogens is 1. The van der Waals surface area contributed by atoms with Gasteiger partial charge in [0.05, 0.1) is 22.5 Å². The third kappa shape index (κ3) is 1.70. The quantitative estimate of drug-likeness (QED) is 0.751. The van der Waals surface area contributed by atoms with E-state index in [0.717, 1.165) is 5.69 Å². The van der Waals surface area contributed by atoms with Crippen molar-refractivity contribution in [3.8, 4) is 10.6 Å². The summed E-state index contributed by atoms with van der Waals surface area (Å²) in [5.74, 6) is 0. The summed E-state index contributed by atoms with van der Waals surface area (Å²) in [6.07, 6.45) is 1.68. The third-order valence-electron chi connectivity index (χ3n) is 1.78. The number of hydrogen-bond donors (Lipinski definition) is 1. The lowest BCUT2D eigenvalue weighted by molar-refractivity contribution is 1.34. The molecule has 2 nitrogen and oxygen atoms in total. The molecule has 0 atom stereocenters. The van der Waals surface area contributed by atoms with E-state index in [2.05, 4.69) is 24.0 Å². The van der Waals surface area contributed by atoms with E-state index in [9.17, 15) is 0 Å². The Bertz CT molecular complexity index is 403. The largest absolute Gasteiger partial charge is 0.397 e. The number of rotatable bonds is 1. The monoisotopic (exact) mass is 190 g/mol. The van der Waals surface area contributed by atoms with Gasteiger partial charge in [-0.3, -0.25) is 4.98 Å². The number of nitrogen functional groups attached to an aromatic ring is 1. The van der Waals surface area contributed by atoms with Gasteiger partial charge in [-0.15, -0.1) is 11.3 Å². The average Bonchev–Trinajstić information content (AvgIpc) is 2.53. The zero-order valence-electron chi connectivity index (χ0n) is 7.32. The van der Waals surface area contributed by atoms with Gasteiger partial charge in [0.2, 0.25) is 0 Å². The van der Waals surface area contributed by atoms with Crippen LogP contribution in [0.5, 0.6) is 0 Å². The van der Waals surface area contributed by atoms with Gasteiger partial charge < -0.3 is 5.73 Å². The number of thiophene rings is 1. The predicted molar refractivity (Wildman–Crippen MR) is 56.7 cm³/mol. The van der Waals surface area contributed by atoms with E-state index in [1.165, 1.54) is 9.75 Å². The maximum absolute atomic E-state index is 5.55. The topological polar surface area (TPSA) is 38.9 Å². The van der Waals surface area contributed by atoms with Crippen molar-refractivity contribution in [2.75, 3.05) is 5.73 Å². The Morgan fingerprint density at radius 3 is 2.62 bits per heavy atom. The summed E-state index contributed by atoms with van der Waals surface area (Å²) in [5.41, 5.74) is 7.25.